The van der Waals surface area contributed by atoms with E-state index in [1.165, 1.54) is 14.2 Å². The number of aryl methyl sites for hydroxylation is 1. The summed E-state index contributed by atoms with van der Waals surface area (Å²) in [4.78, 5) is 11.9. The Hall–Kier alpha value is -0.810. The largest absolute Gasteiger partial charge is 0.354 e. The van der Waals surface area contributed by atoms with Gasteiger partial charge in [0.15, 0.2) is 11.7 Å². The van der Waals surface area contributed by atoms with E-state index < -0.39 is 17.6 Å². The highest BCUT2D eigenvalue weighted by Crippen LogP contribution is 2.26. The summed E-state index contributed by atoms with van der Waals surface area (Å²) in [7, 11) is 2.83. The summed E-state index contributed by atoms with van der Waals surface area (Å²) in [6, 6.07) is 5.34. The Morgan fingerprint density at radius 1 is 1.33 bits per heavy atom. The molecule has 1 unspecified atom stereocenters. The molecule has 0 aromatic heterocycles. The van der Waals surface area contributed by atoms with Gasteiger partial charge in [-0.2, -0.15) is 0 Å². The zero-order valence-electron chi connectivity index (χ0n) is 10.4. The van der Waals surface area contributed by atoms with Crippen LogP contribution < -0.4 is 5.32 Å². The smallest absolute Gasteiger partial charge is 0.247 e. The Morgan fingerprint density at radius 3 is 2.44 bits per heavy atom. The first-order valence-electron chi connectivity index (χ1n) is 5.27. The van der Waals surface area contributed by atoms with Gasteiger partial charge >= 0.3 is 0 Å². The molecule has 18 heavy (non-hydrogen) atoms. The second-order valence-corrected chi connectivity index (χ2v) is 4.54. The lowest BCUT2D eigenvalue weighted by Gasteiger charge is -2.19. The minimum Gasteiger partial charge on any atom is -0.354 e. The first-order chi connectivity index (χ1) is 8.51. The molecule has 0 fully saturated rings. The van der Waals surface area contributed by atoms with Gasteiger partial charge in [-0.3, -0.25) is 4.79 Å². The van der Waals surface area contributed by atoms with Gasteiger partial charge in [0.05, 0.1) is 10.7 Å². The van der Waals surface area contributed by atoms with E-state index in [0.717, 1.165) is 5.56 Å². The second kappa shape index (κ2) is 6.95. The fourth-order valence-corrected chi connectivity index (χ4v) is 1.97. The minimum atomic E-state index is -0.962. The van der Waals surface area contributed by atoms with Gasteiger partial charge < -0.3 is 14.8 Å². The number of para-hydroxylation sites is 1. The number of anilines is 1. The summed E-state index contributed by atoms with van der Waals surface area (Å²) in [5.41, 5.74) is 1.40. The maximum Gasteiger partial charge on any atom is 0.247 e. The molecule has 1 atom stereocenters. The zero-order chi connectivity index (χ0) is 13.7. The molecular weight excluding hydrogens is 277 g/mol. The predicted molar refractivity (Wildman–Crippen MR) is 72.3 cm³/mol. The first-order valence-corrected chi connectivity index (χ1v) is 6.08. The van der Waals surface area contributed by atoms with E-state index >= 15 is 0 Å². The van der Waals surface area contributed by atoms with Crippen LogP contribution in [0, 0.1) is 6.92 Å². The van der Waals surface area contributed by atoms with Gasteiger partial charge in [-0.15, -0.1) is 11.6 Å². The molecule has 0 aliphatic carbocycles. The fourth-order valence-electron chi connectivity index (χ4n) is 1.44. The number of carbonyl (C=O) groups excluding carboxylic acids is 1. The average molecular weight is 292 g/mol. The summed E-state index contributed by atoms with van der Waals surface area (Å²) in [5.74, 6) is -0.429. The molecule has 1 amide bonds. The number of alkyl halides is 1. The van der Waals surface area contributed by atoms with E-state index in [4.69, 9.17) is 32.7 Å². The molecule has 1 N–H and O–H groups in total. The van der Waals surface area contributed by atoms with Crippen molar-refractivity contribution >= 4 is 34.8 Å². The number of halogens is 2. The first kappa shape index (κ1) is 15.2. The van der Waals surface area contributed by atoms with E-state index in [-0.39, 0.29) is 0 Å². The number of hydrogen-bond acceptors (Lipinski definition) is 3. The van der Waals surface area contributed by atoms with Crippen molar-refractivity contribution in [3.8, 4) is 0 Å². The van der Waals surface area contributed by atoms with E-state index in [2.05, 4.69) is 5.32 Å². The lowest BCUT2D eigenvalue weighted by atomic mass is 10.2. The summed E-state index contributed by atoms with van der Waals surface area (Å²) < 4.78 is 9.87. The van der Waals surface area contributed by atoms with Crippen LogP contribution in [-0.4, -0.2) is 31.8 Å². The van der Waals surface area contributed by atoms with Gasteiger partial charge in [-0.25, -0.2) is 0 Å². The van der Waals surface area contributed by atoms with E-state index in [1.807, 2.05) is 13.0 Å². The summed E-state index contributed by atoms with van der Waals surface area (Å²) in [6.45, 7) is 1.84. The third kappa shape index (κ3) is 3.59. The number of benzene rings is 1. The number of amides is 1. The Balaban J connectivity index is 2.81. The molecule has 0 spiro atoms. The van der Waals surface area contributed by atoms with Gasteiger partial charge in [0.1, 0.15) is 0 Å². The molecule has 0 bridgehead atoms. The van der Waals surface area contributed by atoms with Gasteiger partial charge in [-0.05, 0) is 18.6 Å². The monoisotopic (exact) mass is 291 g/mol. The van der Waals surface area contributed by atoms with Crippen LogP contribution in [0.25, 0.3) is 0 Å². The van der Waals surface area contributed by atoms with Crippen molar-refractivity contribution in [3.05, 3.63) is 28.8 Å². The fraction of sp³-hybridized carbons (Fsp3) is 0.417. The predicted octanol–water partition coefficient (Wildman–Crippen LogP) is 2.81. The topological polar surface area (TPSA) is 47.6 Å². The number of ether oxygens (including phenoxy) is 2. The van der Waals surface area contributed by atoms with E-state index in [0.29, 0.717) is 10.7 Å². The van der Waals surface area contributed by atoms with Crippen molar-refractivity contribution in [1.29, 1.82) is 0 Å². The Bertz CT molecular complexity index is 402. The lowest BCUT2D eigenvalue weighted by molar-refractivity contribution is -0.133. The summed E-state index contributed by atoms with van der Waals surface area (Å²) in [5, 5.41) is 2.16. The summed E-state index contributed by atoms with van der Waals surface area (Å²) in [6.07, 6.45) is -0.811. The molecule has 100 valence electrons. The average Bonchev–Trinajstić information content (AvgIpc) is 2.35. The number of hydrogen-bond donors (Lipinski definition) is 1. The van der Waals surface area contributed by atoms with Crippen molar-refractivity contribution in [2.45, 2.75) is 18.6 Å². The van der Waals surface area contributed by atoms with E-state index in [9.17, 15) is 4.79 Å². The molecule has 0 saturated heterocycles. The van der Waals surface area contributed by atoms with Crippen LogP contribution in [0.15, 0.2) is 18.2 Å². The highest BCUT2D eigenvalue weighted by Gasteiger charge is 2.26. The normalized spacial score (nSPS) is 12.6. The molecule has 1 aromatic carbocycles. The number of carbonyl (C=O) groups is 1. The Labute approximate surface area is 116 Å². The van der Waals surface area contributed by atoms with Gasteiger partial charge in [-0.1, -0.05) is 23.7 Å². The van der Waals surface area contributed by atoms with Crippen molar-refractivity contribution < 1.29 is 14.3 Å². The quantitative estimate of drug-likeness (QED) is 0.670. The van der Waals surface area contributed by atoms with Crippen LogP contribution in [0.5, 0.6) is 0 Å². The van der Waals surface area contributed by atoms with Gasteiger partial charge in [0, 0.05) is 14.2 Å². The van der Waals surface area contributed by atoms with E-state index in [1.54, 1.807) is 12.1 Å². The van der Waals surface area contributed by atoms with Crippen molar-refractivity contribution in [3.63, 3.8) is 0 Å². The SMILES string of the molecule is COC(OC)C(Cl)C(=O)Nc1c(C)cccc1Cl. The highest BCUT2D eigenvalue weighted by molar-refractivity contribution is 6.36. The molecule has 1 aromatic rings. The Kier molecular flexibility index (Phi) is 5.88. The number of methoxy groups -OCH3 is 2. The number of nitrogens with one attached hydrogen (secondary N) is 1. The second-order valence-electron chi connectivity index (χ2n) is 3.66. The van der Waals surface area contributed by atoms with Crippen LogP contribution in [0.4, 0.5) is 5.69 Å². The standard InChI is InChI=1S/C12H15Cl2NO3/c1-7-5-4-6-8(13)10(7)15-11(16)9(14)12(17-2)18-3/h4-6,9,12H,1-3H3,(H,15,16). The molecule has 6 heteroatoms. The molecule has 0 radical (unpaired) electrons. The molecule has 0 saturated carbocycles. The van der Waals surface area contributed by atoms with Crippen LogP contribution in [0.2, 0.25) is 5.02 Å². The Morgan fingerprint density at radius 2 is 1.94 bits per heavy atom. The highest BCUT2D eigenvalue weighted by atomic mass is 35.5. The van der Waals surface area contributed by atoms with Crippen molar-refractivity contribution in [2.75, 3.05) is 19.5 Å². The van der Waals surface area contributed by atoms with Crippen molar-refractivity contribution in [1.82, 2.24) is 0 Å². The summed E-state index contributed by atoms with van der Waals surface area (Å²) >= 11 is 12.0. The molecule has 0 aliphatic heterocycles. The molecular formula is C12H15Cl2NO3. The lowest BCUT2D eigenvalue weighted by Crippen LogP contribution is -2.36. The van der Waals surface area contributed by atoms with Crippen LogP contribution in [0.3, 0.4) is 0 Å². The number of rotatable bonds is 5. The zero-order valence-corrected chi connectivity index (χ0v) is 11.9. The molecule has 0 aliphatic rings. The molecule has 0 heterocycles. The third-order valence-electron chi connectivity index (χ3n) is 2.42. The van der Waals surface area contributed by atoms with Gasteiger partial charge in [0.25, 0.3) is 0 Å². The van der Waals surface area contributed by atoms with Gasteiger partial charge in [0.2, 0.25) is 5.91 Å². The minimum absolute atomic E-state index is 0.429. The molecule has 1 rings (SSSR count). The maximum absolute atomic E-state index is 11.9. The maximum atomic E-state index is 11.9. The third-order valence-corrected chi connectivity index (χ3v) is 3.14. The van der Waals surface area contributed by atoms with Crippen LogP contribution in [0.1, 0.15) is 5.56 Å². The molecule has 4 nitrogen and oxygen atoms in total. The van der Waals surface area contributed by atoms with Crippen LogP contribution >= 0.6 is 23.2 Å². The van der Waals surface area contributed by atoms with Crippen molar-refractivity contribution in [2.24, 2.45) is 0 Å². The van der Waals surface area contributed by atoms with Crippen LogP contribution in [-0.2, 0) is 14.3 Å².